The molecule has 6 heteroatoms. The zero-order valence-corrected chi connectivity index (χ0v) is 12.0. The van der Waals surface area contributed by atoms with Crippen molar-refractivity contribution >= 4 is 23.6 Å². The fraction of sp³-hybridized carbons (Fsp3) is 0.125. The van der Waals surface area contributed by atoms with Gasteiger partial charge in [-0.25, -0.2) is 9.59 Å². The van der Waals surface area contributed by atoms with E-state index in [1.165, 1.54) is 4.90 Å². The lowest BCUT2D eigenvalue weighted by atomic mass is 10.3. The fourth-order valence-corrected chi connectivity index (χ4v) is 1.92. The van der Waals surface area contributed by atoms with Crippen molar-refractivity contribution in [1.29, 1.82) is 0 Å². The summed E-state index contributed by atoms with van der Waals surface area (Å²) >= 11 is 0. The van der Waals surface area contributed by atoms with E-state index >= 15 is 0 Å². The summed E-state index contributed by atoms with van der Waals surface area (Å²) in [6.07, 6.45) is -2.14. The minimum absolute atomic E-state index is 0.257. The minimum atomic E-state index is -1.37. The summed E-state index contributed by atoms with van der Waals surface area (Å²) in [5.41, 5.74) is 0.890. The zero-order chi connectivity index (χ0) is 15.9. The normalized spacial score (nSPS) is 9.86. The van der Waals surface area contributed by atoms with Crippen LogP contribution in [-0.2, 0) is 4.84 Å². The first-order valence-corrected chi connectivity index (χ1v) is 6.76. The van der Waals surface area contributed by atoms with Crippen LogP contribution in [0.2, 0.25) is 0 Å². The van der Waals surface area contributed by atoms with Gasteiger partial charge in [0.1, 0.15) is 0 Å². The summed E-state index contributed by atoms with van der Waals surface area (Å²) in [7, 11) is 0. The molecule has 6 nitrogen and oxygen atoms in total. The van der Waals surface area contributed by atoms with Crippen molar-refractivity contribution < 1.29 is 19.5 Å². The molecule has 1 N–H and O–H groups in total. The third-order valence-corrected chi connectivity index (χ3v) is 2.94. The molecule has 2 aromatic carbocycles. The molecule has 0 spiro atoms. The van der Waals surface area contributed by atoms with Crippen LogP contribution in [0.4, 0.5) is 21.0 Å². The molecule has 0 fully saturated rings. The van der Waals surface area contributed by atoms with Crippen LogP contribution in [0.1, 0.15) is 6.92 Å². The molecule has 2 aromatic rings. The average Bonchev–Trinajstić information content (AvgIpc) is 2.55. The van der Waals surface area contributed by atoms with Gasteiger partial charge in [-0.1, -0.05) is 36.4 Å². The molecule has 0 bridgehead atoms. The average molecular weight is 300 g/mol. The maximum absolute atomic E-state index is 12.3. The molecular formula is C16H16N2O4. The first kappa shape index (κ1) is 15.4. The number of carbonyl (C=O) groups is 2. The predicted molar refractivity (Wildman–Crippen MR) is 82.9 cm³/mol. The molecule has 0 atom stereocenters. The van der Waals surface area contributed by atoms with Crippen molar-refractivity contribution in [2.75, 3.05) is 16.5 Å². The van der Waals surface area contributed by atoms with E-state index in [0.29, 0.717) is 17.3 Å². The van der Waals surface area contributed by atoms with Crippen molar-refractivity contribution in [1.82, 2.24) is 0 Å². The van der Waals surface area contributed by atoms with Gasteiger partial charge >= 0.3 is 12.2 Å². The number of anilines is 2. The summed E-state index contributed by atoms with van der Waals surface area (Å²) < 4.78 is 0. The monoisotopic (exact) mass is 300 g/mol. The number of benzene rings is 2. The van der Waals surface area contributed by atoms with Crippen LogP contribution in [-0.4, -0.2) is 23.8 Å². The van der Waals surface area contributed by atoms with E-state index in [2.05, 4.69) is 0 Å². The first-order chi connectivity index (χ1) is 10.6. The smallest absolute Gasteiger partial charge is 0.445 e. The van der Waals surface area contributed by atoms with Gasteiger partial charge in [-0.05, 0) is 31.2 Å². The largest absolute Gasteiger partial charge is 0.463 e. The van der Waals surface area contributed by atoms with Gasteiger partial charge in [0.25, 0.3) is 0 Å². The molecule has 2 amide bonds. The van der Waals surface area contributed by atoms with Crippen LogP contribution in [0, 0.1) is 0 Å². The maximum atomic E-state index is 12.3. The van der Waals surface area contributed by atoms with E-state index in [4.69, 9.17) is 4.84 Å². The Hall–Kier alpha value is -3.02. The molecule has 114 valence electrons. The van der Waals surface area contributed by atoms with Gasteiger partial charge < -0.3 is 9.94 Å². The number of nitrogens with zero attached hydrogens (tertiary/aromatic N) is 2. The molecule has 0 saturated carbocycles. The van der Waals surface area contributed by atoms with Gasteiger partial charge in [0.15, 0.2) is 0 Å². The van der Waals surface area contributed by atoms with E-state index in [9.17, 15) is 14.7 Å². The van der Waals surface area contributed by atoms with Crippen molar-refractivity contribution in [3.8, 4) is 0 Å². The number of carbonyl (C=O) groups excluding carboxylic acids is 1. The quantitative estimate of drug-likeness (QED) is 0.876. The second-order valence-corrected chi connectivity index (χ2v) is 4.35. The Labute approximate surface area is 128 Å². The molecule has 22 heavy (non-hydrogen) atoms. The van der Waals surface area contributed by atoms with Crippen molar-refractivity contribution in [3.05, 3.63) is 60.7 Å². The molecule has 0 heterocycles. The highest BCUT2D eigenvalue weighted by molar-refractivity contribution is 5.92. The second kappa shape index (κ2) is 7.12. The Morgan fingerprint density at radius 1 is 0.955 bits per heavy atom. The van der Waals surface area contributed by atoms with E-state index in [0.717, 1.165) is 0 Å². The highest BCUT2D eigenvalue weighted by Crippen LogP contribution is 2.18. The van der Waals surface area contributed by atoms with Crippen LogP contribution < -0.4 is 9.96 Å². The van der Waals surface area contributed by atoms with Crippen molar-refractivity contribution in [2.45, 2.75) is 6.92 Å². The van der Waals surface area contributed by atoms with Crippen LogP contribution in [0.15, 0.2) is 60.7 Å². The summed E-state index contributed by atoms with van der Waals surface area (Å²) in [6, 6.07) is 17.1. The van der Waals surface area contributed by atoms with Crippen LogP contribution in [0.3, 0.4) is 0 Å². The van der Waals surface area contributed by atoms with Gasteiger partial charge in [0, 0.05) is 12.2 Å². The van der Waals surface area contributed by atoms with E-state index in [-0.39, 0.29) is 5.69 Å². The molecular weight excluding hydrogens is 284 g/mol. The van der Waals surface area contributed by atoms with Gasteiger partial charge in [-0.2, -0.15) is 0 Å². The minimum Gasteiger partial charge on any atom is -0.463 e. The van der Waals surface area contributed by atoms with E-state index < -0.39 is 12.2 Å². The molecule has 0 radical (unpaired) electrons. The van der Waals surface area contributed by atoms with Gasteiger partial charge in [0.2, 0.25) is 0 Å². The molecule has 0 unspecified atom stereocenters. The molecule has 0 saturated heterocycles. The molecule has 0 aliphatic heterocycles. The number of hydroxylamine groups is 1. The standard InChI is InChI=1S/C16H16N2O4/c1-2-17(13-9-5-3-6-10-13)16(21)22-18(15(19)20)14-11-7-4-8-12-14/h3-12H,2H2,1H3,(H,19,20). The van der Waals surface area contributed by atoms with Gasteiger partial charge in [-0.15, -0.1) is 5.06 Å². The Morgan fingerprint density at radius 3 is 1.91 bits per heavy atom. The third kappa shape index (κ3) is 3.54. The summed E-state index contributed by atoms with van der Waals surface area (Å²) in [5, 5.41) is 9.78. The summed E-state index contributed by atoms with van der Waals surface area (Å²) in [5.74, 6) is 0. The van der Waals surface area contributed by atoms with Crippen molar-refractivity contribution in [2.24, 2.45) is 0 Å². The maximum Gasteiger partial charge on any atom is 0.445 e. The summed E-state index contributed by atoms with van der Waals surface area (Å²) in [4.78, 5) is 29.9. The van der Waals surface area contributed by atoms with Crippen molar-refractivity contribution in [3.63, 3.8) is 0 Å². The second-order valence-electron chi connectivity index (χ2n) is 4.35. The molecule has 0 aliphatic rings. The highest BCUT2D eigenvalue weighted by atomic mass is 16.7. The first-order valence-electron chi connectivity index (χ1n) is 6.76. The lowest BCUT2D eigenvalue weighted by Crippen LogP contribution is -2.39. The lowest BCUT2D eigenvalue weighted by Gasteiger charge is -2.24. The number of para-hydroxylation sites is 2. The topological polar surface area (TPSA) is 70.1 Å². The Morgan fingerprint density at radius 2 is 1.45 bits per heavy atom. The Kier molecular flexibility index (Phi) is 4.98. The van der Waals surface area contributed by atoms with Gasteiger partial charge in [0.05, 0.1) is 5.69 Å². The number of hydrogen-bond donors (Lipinski definition) is 1. The molecule has 2 rings (SSSR count). The highest BCUT2D eigenvalue weighted by Gasteiger charge is 2.24. The van der Waals surface area contributed by atoms with E-state index in [1.807, 2.05) is 6.07 Å². The molecule has 0 aromatic heterocycles. The number of carboxylic acid groups (broad SMARTS) is 1. The summed E-state index contributed by atoms with van der Waals surface area (Å²) in [6.45, 7) is 2.13. The fourth-order valence-electron chi connectivity index (χ4n) is 1.92. The van der Waals surface area contributed by atoms with Crippen LogP contribution in [0.5, 0.6) is 0 Å². The number of amides is 2. The zero-order valence-electron chi connectivity index (χ0n) is 12.0. The number of hydrogen-bond acceptors (Lipinski definition) is 3. The van der Waals surface area contributed by atoms with Crippen LogP contribution >= 0.6 is 0 Å². The van der Waals surface area contributed by atoms with E-state index in [1.54, 1.807) is 61.5 Å². The SMILES string of the molecule is CCN(C(=O)ON(C(=O)O)c1ccccc1)c1ccccc1. The van der Waals surface area contributed by atoms with Gasteiger partial charge in [-0.3, -0.25) is 4.90 Å². The molecule has 0 aliphatic carbocycles. The Bertz CT molecular complexity index is 631. The Balaban J connectivity index is 2.19. The third-order valence-electron chi connectivity index (χ3n) is 2.94. The predicted octanol–water partition coefficient (Wildman–Crippen LogP) is 3.75. The van der Waals surface area contributed by atoms with Crippen LogP contribution in [0.25, 0.3) is 0 Å². The number of rotatable bonds is 3. The lowest BCUT2D eigenvalue weighted by molar-refractivity contribution is 0.123.